The molecule has 0 radical (unpaired) electrons. The fraction of sp³-hybridized carbons (Fsp3) is 0.472. The molecule has 9 heteroatoms. The number of H-pyrrole nitrogens is 2. The molecule has 0 saturated carbocycles. The molecule has 4 aromatic rings. The van der Waals surface area contributed by atoms with Gasteiger partial charge < -0.3 is 19.8 Å². The van der Waals surface area contributed by atoms with E-state index in [4.69, 9.17) is 0 Å². The quantitative estimate of drug-likeness (QED) is 0.278. The van der Waals surface area contributed by atoms with Crippen molar-refractivity contribution in [2.45, 2.75) is 77.3 Å². The molecule has 1 aromatic carbocycles. The lowest BCUT2D eigenvalue weighted by atomic mass is 9.88. The van der Waals surface area contributed by atoms with Gasteiger partial charge >= 0.3 is 0 Å². The fourth-order valence-corrected chi connectivity index (χ4v) is 8.99. The zero-order valence-electron chi connectivity index (χ0n) is 26.7. The molecule has 45 heavy (non-hydrogen) atoms. The molecule has 0 unspecified atom stereocenters. The minimum Gasteiger partial charge on any atom is -0.346 e. The summed E-state index contributed by atoms with van der Waals surface area (Å²) in [7, 11) is 0. The van der Waals surface area contributed by atoms with Crippen LogP contribution in [0.3, 0.4) is 0 Å². The predicted molar refractivity (Wildman–Crippen MR) is 180 cm³/mol. The van der Waals surface area contributed by atoms with E-state index < -0.39 is 5.41 Å². The number of fused-ring (bicyclic) bond motifs is 3. The van der Waals surface area contributed by atoms with Gasteiger partial charge in [-0.1, -0.05) is 17.2 Å². The second-order valence-corrected chi connectivity index (χ2v) is 14.9. The summed E-state index contributed by atoms with van der Waals surface area (Å²) in [4.78, 5) is 53.5. The number of aromatic amines is 2. The van der Waals surface area contributed by atoms with Gasteiger partial charge in [0, 0.05) is 67.3 Å². The zero-order valence-corrected chi connectivity index (χ0v) is 27.6. The Morgan fingerprint density at radius 2 is 1.60 bits per heavy atom. The van der Waals surface area contributed by atoms with E-state index >= 15 is 0 Å². The Labute approximate surface area is 268 Å². The number of amides is 2. The zero-order chi connectivity index (χ0) is 31.5. The molecule has 236 valence electrons. The predicted octanol–water partition coefficient (Wildman–Crippen LogP) is 5.63. The molecule has 2 amide bonds. The van der Waals surface area contributed by atoms with Gasteiger partial charge in [-0.05, 0) is 95.2 Å². The van der Waals surface area contributed by atoms with Crippen LogP contribution in [-0.4, -0.2) is 81.3 Å². The van der Waals surface area contributed by atoms with Crippen molar-refractivity contribution in [2.24, 2.45) is 0 Å². The highest BCUT2D eigenvalue weighted by atomic mass is 32.1. The van der Waals surface area contributed by atoms with E-state index in [9.17, 15) is 14.4 Å². The van der Waals surface area contributed by atoms with Gasteiger partial charge in [-0.3, -0.25) is 19.3 Å². The van der Waals surface area contributed by atoms with Gasteiger partial charge in [-0.25, -0.2) is 0 Å². The Balaban J connectivity index is 1.13. The number of benzene rings is 1. The largest absolute Gasteiger partial charge is 0.346 e. The first-order valence-electron chi connectivity index (χ1n) is 16.3. The van der Waals surface area contributed by atoms with Crippen molar-refractivity contribution in [3.63, 3.8) is 0 Å². The Morgan fingerprint density at radius 1 is 0.933 bits per heavy atom. The monoisotopic (exact) mass is 625 g/mol. The van der Waals surface area contributed by atoms with E-state index in [1.165, 1.54) is 45.6 Å². The Bertz CT molecular complexity index is 1760. The van der Waals surface area contributed by atoms with Gasteiger partial charge in [0.05, 0.1) is 16.7 Å². The van der Waals surface area contributed by atoms with Gasteiger partial charge in [0.25, 0.3) is 5.91 Å². The smallest absolute Gasteiger partial charge is 0.255 e. The lowest BCUT2D eigenvalue weighted by Gasteiger charge is -2.34. The molecule has 0 aliphatic carbocycles. The average molecular weight is 626 g/mol. The highest BCUT2D eigenvalue weighted by Crippen LogP contribution is 2.44. The first-order valence-corrected chi connectivity index (χ1v) is 17.2. The standard InChI is InChI=1S/C36H43N5O3S/c1-22-17-23(2)19-25(18-22)32-28(11-12-39-13-15-40(16-14-39)34(43)24-5-10-31(42)37-21-24)29-20-30(45-33(29)38-32)36(3,4)35(44)41-26-6-7-27(41)9-8-26/h5,10,17-21,26-27,38H,6-9,11-16H2,1-4H3,(H,37,42). The van der Waals surface area contributed by atoms with Crippen LogP contribution in [0.25, 0.3) is 21.5 Å². The number of aromatic nitrogens is 2. The summed E-state index contributed by atoms with van der Waals surface area (Å²) in [6.45, 7) is 12.3. The maximum absolute atomic E-state index is 14.0. The summed E-state index contributed by atoms with van der Waals surface area (Å²) in [5.74, 6) is 0.238. The lowest BCUT2D eigenvalue weighted by Crippen LogP contribution is -2.49. The number of hydrogen-bond acceptors (Lipinski definition) is 5. The first kappa shape index (κ1) is 30.0. The van der Waals surface area contributed by atoms with Crippen LogP contribution < -0.4 is 5.56 Å². The van der Waals surface area contributed by atoms with Crippen LogP contribution in [0.2, 0.25) is 0 Å². The number of aryl methyl sites for hydroxylation is 2. The number of carbonyl (C=O) groups excluding carboxylic acids is 2. The molecule has 3 saturated heterocycles. The molecule has 3 fully saturated rings. The lowest BCUT2D eigenvalue weighted by molar-refractivity contribution is -0.137. The molecule has 3 aliphatic heterocycles. The maximum Gasteiger partial charge on any atom is 0.255 e. The van der Waals surface area contributed by atoms with Crippen LogP contribution in [0.5, 0.6) is 0 Å². The molecule has 2 bridgehead atoms. The van der Waals surface area contributed by atoms with E-state index in [1.54, 1.807) is 17.4 Å². The number of pyridine rings is 1. The number of piperazine rings is 1. The number of thiophene rings is 1. The van der Waals surface area contributed by atoms with E-state index in [2.05, 4.69) is 71.7 Å². The van der Waals surface area contributed by atoms with Crippen LogP contribution in [0.4, 0.5) is 0 Å². The first-order chi connectivity index (χ1) is 21.6. The van der Waals surface area contributed by atoms with Crippen molar-refractivity contribution >= 4 is 33.4 Å². The maximum atomic E-state index is 14.0. The topological polar surface area (TPSA) is 92.5 Å². The third-order valence-electron chi connectivity index (χ3n) is 10.3. The summed E-state index contributed by atoms with van der Waals surface area (Å²) in [6.07, 6.45) is 6.97. The van der Waals surface area contributed by atoms with Crippen molar-refractivity contribution in [1.29, 1.82) is 0 Å². The van der Waals surface area contributed by atoms with Crippen LogP contribution >= 0.6 is 11.3 Å². The van der Waals surface area contributed by atoms with Crippen LogP contribution in [0.1, 0.15) is 71.5 Å². The molecule has 3 aliphatic rings. The summed E-state index contributed by atoms with van der Waals surface area (Å²) in [5, 5.41) is 1.22. The third-order valence-corrected chi connectivity index (χ3v) is 11.7. The second-order valence-electron chi connectivity index (χ2n) is 13.8. The van der Waals surface area contributed by atoms with Crippen LogP contribution in [0, 0.1) is 13.8 Å². The number of rotatable bonds is 7. The number of nitrogens with zero attached hydrogens (tertiary/aromatic N) is 3. The highest BCUT2D eigenvalue weighted by Gasteiger charge is 2.47. The average Bonchev–Trinajstić information content (AvgIpc) is 3.80. The second kappa shape index (κ2) is 11.6. The minimum absolute atomic E-state index is 0.0414. The summed E-state index contributed by atoms with van der Waals surface area (Å²) >= 11 is 1.73. The number of hydrogen-bond donors (Lipinski definition) is 2. The van der Waals surface area contributed by atoms with Crippen LogP contribution in [-0.2, 0) is 16.6 Å². The Hall–Kier alpha value is -3.69. The molecule has 2 N–H and O–H groups in total. The molecule has 0 atom stereocenters. The van der Waals surface area contributed by atoms with Gasteiger partial charge in [0.1, 0.15) is 4.83 Å². The van der Waals surface area contributed by atoms with Crippen molar-refractivity contribution in [3.8, 4) is 11.3 Å². The van der Waals surface area contributed by atoms with Crippen molar-refractivity contribution in [3.05, 3.63) is 80.1 Å². The molecular weight excluding hydrogens is 582 g/mol. The van der Waals surface area contributed by atoms with Gasteiger partial charge in [0.15, 0.2) is 0 Å². The fourth-order valence-electron chi connectivity index (χ4n) is 7.81. The third kappa shape index (κ3) is 5.54. The minimum atomic E-state index is -0.568. The molecule has 0 spiro atoms. The normalized spacial score (nSPS) is 20.4. The van der Waals surface area contributed by atoms with Crippen molar-refractivity contribution in [2.75, 3.05) is 32.7 Å². The van der Waals surface area contributed by atoms with Gasteiger partial charge in [0.2, 0.25) is 11.5 Å². The number of nitrogens with one attached hydrogen (secondary N) is 2. The number of carbonyl (C=O) groups is 2. The SMILES string of the molecule is Cc1cc(C)cc(-c2[nH]c3sc(C(C)(C)C(=O)N4C5CCC4CC5)cc3c2CCN2CCN(C(=O)c3ccc(=O)[nH]c3)CC2)c1. The van der Waals surface area contributed by atoms with E-state index in [1.807, 2.05) is 4.90 Å². The Morgan fingerprint density at radius 3 is 2.22 bits per heavy atom. The highest BCUT2D eigenvalue weighted by molar-refractivity contribution is 7.19. The van der Waals surface area contributed by atoms with Crippen LogP contribution in [0.15, 0.2) is 47.4 Å². The van der Waals surface area contributed by atoms with E-state index in [0.717, 1.165) is 61.4 Å². The summed E-state index contributed by atoms with van der Waals surface area (Å²) in [5.41, 5.74) is 5.89. The van der Waals surface area contributed by atoms with Gasteiger partial charge in [-0.2, -0.15) is 0 Å². The molecular formula is C36H43N5O3S. The molecule has 8 nitrogen and oxygen atoms in total. The van der Waals surface area contributed by atoms with E-state index in [-0.39, 0.29) is 17.4 Å². The van der Waals surface area contributed by atoms with E-state index in [0.29, 0.717) is 30.7 Å². The van der Waals surface area contributed by atoms with Gasteiger partial charge in [-0.15, -0.1) is 11.3 Å². The van der Waals surface area contributed by atoms with Crippen molar-refractivity contribution in [1.82, 2.24) is 24.7 Å². The Kier molecular flexibility index (Phi) is 7.72. The molecule has 3 aromatic heterocycles. The molecule has 7 rings (SSSR count). The summed E-state index contributed by atoms with van der Waals surface area (Å²) in [6, 6.07) is 12.8. The molecule has 6 heterocycles. The summed E-state index contributed by atoms with van der Waals surface area (Å²) < 4.78 is 0. The van der Waals surface area contributed by atoms with Crippen molar-refractivity contribution < 1.29 is 9.59 Å².